The summed E-state index contributed by atoms with van der Waals surface area (Å²) in [6, 6.07) is 8.73. The molecule has 0 aliphatic carbocycles. The zero-order valence-electron chi connectivity index (χ0n) is 21.6. The number of benzene rings is 2. The first-order chi connectivity index (χ1) is 15.2. The van der Waals surface area contributed by atoms with Crippen LogP contribution in [0.2, 0.25) is 0 Å². The number of ether oxygens (including phenoxy) is 1. The number of carboxylic acid groups (broad SMARTS) is 1. The standard InChI is InChI=1S/C17H20N2O5S/c1-2-3-9-19-14-10-12(17(20)21)11-15(25(18,22)23)16(14)24-13-7-5-4-6-8-13/h4-8,10-11,19H,2-3,9H2,1H3,(H,20,21)(H2,18,22,23)/i1D3,2D2,3D2,9D2. The van der Waals surface area contributed by atoms with Gasteiger partial charge in [-0.25, -0.2) is 18.4 Å². The summed E-state index contributed by atoms with van der Waals surface area (Å²) in [5.74, 6) is -2.35. The predicted molar refractivity (Wildman–Crippen MR) is 94.7 cm³/mol. The van der Waals surface area contributed by atoms with Crippen LogP contribution in [0, 0.1) is 0 Å². The zero-order chi connectivity index (χ0) is 26.3. The van der Waals surface area contributed by atoms with E-state index in [1.807, 2.05) is 5.32 Å². The smallest absolute Gasteiger partial charge is 0.335 e. The van der Waals surface area contributed by atoms with E-state index in [1.54, 1.807) is 6.07 Å². The molecule has 0 aliphatic rings. The van der Waals surface area contributed by atoms with Gasteiger partial charge in [0.2, 0.25) is 10.0 Å². The van der Waals surface area contributed by atoms with Crippen molar-refractivity contribution in [1.29, 1.82) is 0 Å². The van der Waals surface area contributed by atoms with E-state index >= 15 is 0 Å². The van der Waals surface area contributed by atoms with Gasteiger partial charge < -0.3 is 15.2 Å². The van der Waals surface area contributed by atoms with Gasteiger partial charge in [0.25, 0.3) is 0 Å². The predicted octanol–water partition coefficient (Wildman–Crippen LogP) is 3.04. The maximum Gasteiger partial charge on any atom is 0.335 e. The number of hydrogen-bond acceptors (Lipinski definition) is 5. The minimum absolute atomic E-state index is 0.0138. The Labute approximate surface area is 159 Å². The average molecular weight is 373 g/mol. The number of nitrogens with one attached hydrogen (secondary N) is 1. The fourth-order valence-corrected chi connectivity index (χ4v) is 2.57. The quantitative estimate of drug-likeness (QED) is 0.654. The lowest BCUT2D eigenvalue weighted by Crippen LogP contribution is -2.16. The zero-order valence-corrected chi connectivity index (χ0v) is 13.4. The third kappa shape index (κ3) is 4.94. The van der Waals surface area contributed by atoms with Gasteiger partial charge in [-0.1, -0.05) is 31.4 Å². The number of nitrogens with two attached hydrogens (primary N) is 1. The Hall–Kier alpha value is -2.58. The van der Waals surface area contributed by atoms with Crippen LogP contribution in [0.1, 0.15) is 42.3 Å². The van der Waals surface area contributed by atoms with E-state index in [0.717, 1.165) is 0 Å². The number of hydrogen-bond donors (Lipinski definition) is 3. The molecule has 7 nitrogen and oxygen atoms in total. The molecule has 0 bridgehead atoms. The van der Waals surface area contributed by atoms with Gasteiger partial charge >= 0.3 is 5.97 Å². The van der Waals surface area contributed by atoms with Crippen molar-refractivity contribution in [1.82, 2.24) is 0 Å². The Kier molecular flexibility index (Phi) is 3.13. The van der Waals surface area contributed by atoms with Crippen LogP contribution < -0.4 is 15.2 Å². The van der Waals surface area contributed by atoms with Gasteiger partial charge in [0.15, 0.2) is 5.75 Å². The monoisotopic (exact) mass is 373 g/mol. The second-order valence-electron chi connectivity index (χ2n) is 4.62. The highest BCUT2D eigenvalue weighted by Gasteiger charge is 2.23. The number of sulfonamides is 1. The minimum atomic E-state index is -4.68. The first-order valence-electron chi connectivity index (χ1n) is 11.2. The Morgan fingerprint density at radius 1 is 1.36 bits per heavy atom. The van der Waals surface area contributed by atoms with Crippen LogP contribution in [0.4, 0.5) is 5.69 Å². The summed E-state index contributed by atoms with van der Waals surface area (Å²) in [7, 11) is -4.68. The lowest BCUT2D eigenvalue weighted by atomic mass is 10.1. The molecule has 0 saturated heterocycles. The van der Waals surface area contributed by atoms with Crippen molar-refractivity contribution in [3.63, 3.8) is 0 Å². The molecule has 2 aromatic carbocycles. The molecule has 2 aromatic rings. The summed E-state index contributed by atoms with van der Waals surface area (Å²) in [4.78, 5) is 10.7. The molecule has 0 saturated carbocycles. The third-order valence-corrected chi connectivity index (χ3v) is 3.81. The molecule has 0 aliphatic heterocycles. The summed E-state index contributed by atoms with van der Waals surface area (Å²) >= 11 is 0. The molecule has 0 aromatic heterocycles. The lowest BCUT2D eigenvalue weighted by Gasteiger charge is -2.17. The van der Waals surface area contributed by atoms with Crippen molar-refractivity contribution < 1.29 is 35.4 Å². The molecule has 0 atom stereocenters. The molecule has 0 radical (unpaired) electrons. The summed E-state index contributed by atoms with van der Waals surface area (Å²) in [6.45, 7) is -7.13. The second kappa shape index (κ2) is 8.00. The van der Waals surface area contributed by atoms with E-state index in [0.29, 0.717) is 12.1 Å². The fraction of sp³-hybridized carbons (Fsp3) is 0.235. The van der Waals surface area contributed by atoms with Crippen LogP contribution in [0.15, 0.2) is 47.4 Å². The molecule has 0 unspecified atom stereocenters. The van der Waals surface area contributed by atoms with Crippen LogP contribution in [-0.4, -0.2) is 26.0 Å². The number of aromatic carboxylic acids is 1. The molecule has 4 N–H and O–H groups in total. The minimum Gasteiger partial charge on any atom is -0.478 e. The molecule has 134 valence electrons. The van der Waals surface area contributed by atoms with Gasteiger partial charge in [-0.2, -0.15) is 0 Å². The van der Waals surface area contributed by atoms with E-state index in [1.165, 1.54) is 24.3 Å². The van der Waals surface area contributed by atoms with Gasteiger partial charge in [-0.15, -0.1) is 0 Å². The van der Waals surface area contributed by atoms with Crippen molar-refractivity contribution >= 4 is 21.7 Å². The Morgan fingerprint density at radius 2 is 2.08 bits per heavy atom. The van der Waals surface area contributed by atoms with Crippen molar-refractivity contribution in [2.75, 3.05) is 11.8 Å². The molecule has 0 spiro atoms. The number of carboxylic acids is 1. The summed E-state index contributed by atoms with van der Waals surface area (Å²) in [5, 5.41) is 16.5. The van der Waals surface area contributed by atoms with Crippen molar-refractivity contribution in [2.45, 2.75) is 24.5 Å². The van der Waals surface area contributed by atoms with Crippen LogP contribution in [0.5, 0.6) is 11.5 Å². The topological polar surface area (TPSA) is 119 Å². The highest BCUT2D eigenvalue weighted by atomic mass is 32.2. The van der Waals surface area contributed by atoms with Crippen LogP contribution in [0.3, 0.4) is 0 Å². The molecule has 0 amide bonds. The van der Waals surface area contributed by atoms with E-state index in [2.05, 4.69) is 0 Å². The van der Waals surface area contributed by atoms with Crippen molar-refractivity contribution in [2.24, 2.45) is 5.14 Å². The average Bonchev–Trinajstić information content (AvgIpc) is 2.67. The van der Waals surface area contributed by atoms with Crippen molar-refractivity contribution in [3.8, 4) is 11.5 Å². The van der Waals surface area contributed by atoms with E-state index in [4.69, 9.17) is 22.2 Å². The number of rotatable bonds is 8. The number of anilines is 1. The van der Waals surface area contributed by atoms with E-state index in [-0.39, 0.29) is 5.75 Å². The first kappa shape index (κ1) is 9.79. The Bertz CT molecular complexity index is 1190. The van der Waals surface area contributed by atoms with Gasteiger partial charge in [-0.05, 0) is 30.6 Å². The molecular weight excluding hydrogens is 344 g/mol. The summed E-state index contributed by atoms with van der Waals surface area (Å²) in [5.41, 5.74) is -1.44. The van der Waals surface area contributed by atoms with E-state index in [9.17, 15) is 18.3 Å². The molecule has 0 fully saturated rings. The van der Waals surface area contributed by atoms with Gasteiger partial charge in [0.05, 0.1) is 11.3 Å². The third-order valence-electron chi connectivity index (χ3n) is 2.89. The van der Waals surface area contributed by atoms with Gasteiger partial charge in [0, 0.05) is 18.8 Å². The summed E-state index contributed by atoms with van der Waals surface area (Å²) in [6.07, 6.45) is -7.49. The molecule has 8 heteroatoms. The van der Waals surface area contributed by atoms with Crippen molar-refractivity contribution in [3.05, 3.63) is 48.0 Å². The van der Waals surface area contributed by atoms with Crippen LogP contribution in [0.25, 0.3) is 0 Å². The highest BCUT2D eigenvalue weighted by Crippen LogP contribution is 2.37. The van der Waals surface area contributed by atoms with Gasteiger partial charge in [0.1, 0.15) is 10.6 Å². The maximum absolute atomic E-state index is 12.2. The number of carbonyl (C=O) groups is 1. The summed E-state index contributed by atoms with van der Waals surface area (Å²) < 4.78 is 99.2. The normalized spacial score (nSPS) is 18.7. The maximum atomic E-state index is 12.2. The Balaban J connectivity index is 2.78. The fourth-order valence-electron chi connectivity index (χ4n) is 1.87. The highest BCUT2D eigenvalue weighted by molar-refractivity contribution is 7.89. The number of para-hydroxylation sites is 1. The second-order valence-corrected chi connectivity index (χ2v) is 6.15. The molecule has 0 heterocycles. The largest absolute Gasteiger partial charge is 0.478 e. The SMILES string of the molecule is [2H]C([2H])([2H])C([2H])([2H])C([2H])([2H])C([2H])([2H])Nc1cc(C(=O)O)cc(S(N)(=O)=O)c1Oc1ccccc1. The van der Waals surface area contributed by atoms with Gasteiger partial charge in [-0.3, -0.25) is 0 Å². The first-order valence-corrected chi connectivity index (χ1v) is 8.22. The lowest BCUT2D eigenvalue weighted by molar-refractivity contribution is 0.0696. The number of primary sulfonamides is 1. The van der Waals surface area contributed by atoms with E-state index < -0.39 is 64.0 Å². The Morgan fingerprint density at radius 3 is 2.68 bits per heavy atom. The molecule has 2 rings (SSSR count). The van der Waals surface area contributed by atoms with Crippen LogP contribution in [-0.2, 0) is 10.0 Å². The molecular formula is C17H20N2O5S. The molecule has 25 heavy (non-hydrogen) atoms. The van der Waals surface area contributed by atoms with Crippen LogP contribution >= 0.6 is 0 Å².